The third kappa shape index (κ3) is 5.11. The fraction of sp³-hybridized carbons (Fsp3) is 0.625. The van der Waals surface area contributed by atoms with Gasteiger partial charge in [-0.25, -0.2) is 0 Å². The summed E-state index contributed by atoms with van der Waals surface area (Å²) in [6, 6.07) is 1.84. The van der Waals surface area contributed by atoms with E-state index in [1.165, 1.54) is 7.11 Å². The van der Waals surface area contributed by atoms with E-state index in [1.54, 1.807) is 0 Å². The number of carbonyl (C=O) groups excluding carboxylic acids is 1. The Kier molecular flexibility index (Phi) is 6.07. The number of carboxylic acids is 1. The number of methoxy groups -OCH3 is 1. The highest BCUT2D eigenvalue weighted by Gasteiger charge is 2.15. The van der Waals surface area contributed by atoms with Crippen LogP contribution in [0.1, 0.15) is 6.42 Å². The lowest BCUT2D eigenvalue weighted by Gasteiger charge is -2.18. The van der Waals surface area contributed by atoms with Crippen LogP contribution in [0.3, 0.4) is 0 Å². The number of carbonyl (C=O) groups is 2. The van der Waals surface area contributed by atoms with E-state index in [1.807, 2.05) is 6.07 Å². The van der Waals surface area contributed by atoms with E-state index < -0.39 is 18.4 Å². The SMILES string of the molecule is COCC(=O)N(CCC#N)CC(=O)O. The fourth-order valence-corrected chi connectivity index (χ4v) is 0.855. The van der Waals surface area contributed by atoms with Crippen molar-refractivity contribution in [3.63, 3.8) is 0 Å². The second-order valence-electron chi connectivity index (χ2n) is 2.55. The van der Waals surface area contributed by atoms with E-state index in [9.17, 15) is 9.59 Å². The predicted molar refractivity (Wildman–Crippen MR) is 46.3 cm³/mol. The molecule has 1 amide bonds. The van der Waals surface area contributed by atoms with Crippen molar-refractivity contribution in [2.24, 2.45) is 0 Å². The number of carboxylic acid groups (broad SMARTS) is 1. The smallest absolute Gasteiger partial charge is 0.323 e. The number of hydrogen-bond acceptors (Lipinski definition) is 4. The maximum Gasteiger partial charge on any atom is 0.323 e. The van der Waals surface area contributed by atoms with Gasteiger partial charge in [-0.05, 0) is 0 Å². The van der Waals surface area contributed by atoms with Gasteiger partial charge in [0.05, 0.1) is 12.5 Å². The average molecular weight is 200 g/mol. The topological polar surface area (TPSA) is 90.6 Å². The average Bonchev–Trinajstić information content (AvgIpc) is 2.12. The molecule has 1 N–H and O–H groups in total. The molecule has 0 aliphatic carbocycles. The lowest BCUT2D eigenvalue weighted by molar-refractivity contribution is -0.146. The van der Waals surface area contributed by atoms with Crippen molar-refractivity contribution in [2.45, 2.75) is 6.42 Å². The molecule has 0 spiro atoms. The number of amides is 1. The van der Waals surface area contributed by atoms with Gasteiger partial charge in [-0.15, -0.1) is 0 Å². The molecule has 14 heavy (non-hydrogen) atoms. The molecule has 0 fully saturated rings. The molecule has 0 rings (SSSR count). The van der Waals surface area contributed by atoms with Crippen LogP contribution < -0.4 is 0 Å². The Morgan fingerprint density at radius 1 is 1.57 bits per heavy atom. The number of rotatable bonds is 6. The van der Waals surface area contributed by atoms with E-state index in [0.717, 1.165) is 4.90 Å². The van der Waals surface area contributed by atoms with Crippen molar-refractivity contribution in [1.82, 2.24) is 4.90 Å². The predicted octanol–water partition coefficient (Wildman–Crippen LogP) is -0.540. The third-order valence-electron chi connectivity index (χ3n) is 1.44. The zero-order chi connectivity index (χ0) is 11.0. The van der Waals surface area contributed by atoms with Gasteiger partial charge in [-0.3, -0.25) is 9.59 Å². The highest BCUT2D eigenvalue weighted by Crippen LogP contribution is 1.93. The number of hydrogen-bond donors (Lipinski definition) is 1. The molecule has 0 aromatic carbocycles. The van der Waals surface area contributed by atoms with Gasteiger partial charge in [0, 0.05) is 13.7 Å². The molecule has 0 bridgehead atoms. The van der Waals surface area contributed by atoms with E-state index in [0.29, 0.717) is 0 Å². The van der Waals surface area contributed by atoms with Crippen molar-refractivity contribution in [1.29, 1.82) is 5.26 Å². The molecule has 6 nitrogen and oxygen atoms in total. The quantitative estimate of drug-likeness (QED) is 0.621. The Hall–Kier alpha value is -1.61. The minimum atomic E-state index is -1.10. The molecule has 0 atom stereocenters. The van der Waals surface area contributed by atoms with Crippen LogP contribution in [0.4, 0.5) is 0 Å². The minimum Gasteiger partial charge on any atom is -0.480 e. The Labute approximate surface area is 81.7 Å². The maximum atomic E-state index is 11.2. The number of aliphatic carboxylic acids is 1. The summed E-state index contributed by atoms with van der Waals surface area (Å²) in [5.74, 6) is -1.53. The Morgan fingerprint density at radius 2 is 2.21 bits per heavy atom. The largest absolute Gasteiger partial charge is 0.480 e. The van der Waals surface area contributed by atoms with Crippen LogP contribution in [-0.4, -0.2) is 48.7 Å². The van der Waals surface area contributed by atoms with Gasteiger partial charge in [0.1, 0.15) is 13.2 Å². The highest BCUT2D eigenvalue weighted by molar-refractivity contribution is 5.82. The molecule has 0 unspecified atom stereocenters. The van der Waals surface area contributed by atoms with Gasteiger partial charge in [0.2, 0.25) is 5.91 Å². The van der Waals surface area contributed by atoms with Gasteiger partial charge < -0.3 is 14.7 Å². The number of nitrogens with zero attached hydrogens (tertiary/aromatic N) is 2. The normalized spacial score (nSPS) is 9.14. The van der Waals surface area contributed by atoms with Crippen LogP contribution in [0.5, 0.6) is 0 Å². The second kappa shape index (κ2) is 6.86. The Bertz CT molecular complexity index is 246. The summed E-state index contributed by atoms with van der Waals surface area (Å²) in [5.41, 5.74) is 0. The van der Waals surface area contributed by atoms with E-state index in [4.69, 9.17) is 10.4 Å². The minimum absolute atomic E-state index is 0.114. The van der Waals surface area contributed by atoms with Gasteiger partial charge in [0.25, 0.3) is 0 Å². The van der Waals surface area contributed by atoms with Crippen molar-refractivity contribution in [3.05, 3.63) is 0 Å². The molecule has 0 saturated carbocycles. The van der Waals surface area contributed by atoms with Crippen molar-refractivity contribution in [3.8, 4) is 6.07 Å². The van der Waals surface area contributed by atoms with Gasteiger partial charge in [-0.1, -0.05) is 0 Å². The summed E-state index contributed by atoms with van der Waals surface area (Å²) >= 11 is 0. The first-order valence-electron chi connectivity index (χ1n) is 3.97. The summed E-state index contributed by atoms with van der Waals surface area (Å²) in [4.78, 5) is 22.7. The molecule has 0 aliphatic heterocycles. The fourth-order valence-electron chi connectivity index (χ4n) is 0.855. The Balaban J connectivity index is 4.16. The summed E-state index contributed by atoms with van der Waals surface area (Å²) in [7, 11) is 1.35. The van der Waals surface area contributed by atoms with Gasteiger partial charge in [-0.2, -0.15) is 5.26 Å². The summed E-state index contributed by atoms with van der Waals surface area (Å²) in [6.45, 7) is -0.451. The van der Waals surface area contributed by atoms with Crippen molar-refractivity contribution >= 4 is 11.9 Å². The van der Waals surface area contributed by atoms with Crippen molar-refractivity contribution in [2.75, 3.05) is 26.8 Å². The molecular formula is C8H12N2O4. The third-order valence-corrected chi connectivity index (χ3v) is 1.44. The van der Waals surface area contributed by atoms with Crippen molar-refractivity contribution < 1.29 is 19.4 Å². The molecule has 0 heterocycles. The van der Waals surface area contributed by atoms with Crippen LogP contribution >= 0.6 is 0 Å². The van der Waals surface area contributed by atoms with E-state index >= 15 is 0 Å². The zero-order valence-corrected chi connectivity index (χ0v) is 7.89. The van der Waals surface area contributed by atoms with Crippen LogP contribution in [0.15, 0.2) is 0 Å². The maximum absolute atomic E-state index is 11.2. The number of ether oxygens (including phenoxy) is 1. The molecule has 0 aromatic rings. The lowest BCUT2D eigenvalue weighted by atomic mass is 10.4. The van der Waals surface area contributed by atoms with E-state index in [2.05, 4.69) is 4.74 Å². The molecule has 0 aliphatic rings. The summed E-state index contributed by atoms with van der Waals surface area (Å²) in [5, 5.41) is 16.8. The molecule has 0 aromatic heterocycles. The van der Waals surface area contributed by atoms with Gasteiger partial charge >= 0.3 is 5.97 Å². The van der Waals surface area contributed by atoms with Crippen LogP contribution in [0.2, 0.25) is 0 Å². The molecule has 0 saturated heterocycles. The summed E-state index contributed by atoms with van der Waals surface area (Å²) < 4.78 is 4.58. The lowest BCUT2D eigenvalue weighted by Crippen LogP contribution is -2.38. The molecule has 6 heteroatoms. The summed E-state index contributed by atoms with van der Waals surface area (Å²) in [6.07, 6.45) is 0.114. The van der Waals surface area contributed by atoms with E-state index in [-0.39, 0.29) is 19.6 Å². The standard InChI is InChI=1S/C8H12N2O4/c1-14-6-7(11)10(4-2-3-9)5-8(12)13/h2,4-6H2,1H3,(H,12,13). The molecular weight excluding hydrogens is 188 g/mol. The van der Waals surface area contributed by atoms with Gasteiger partial charge in [0.15, 0.2) is 0 Å². The zero-order valence-electron chi connectivity index (χ0n) is 7.89. The van der Waals surface area contributed by atoms with Crippen LogP contribution in [0, 0.1) is 11.3 Å². The number of nitriles is 1. The van der Waals surface area contributed by atoms with Crippen LogP contribution in [0.25, 0.3) is 0 Å². The first-order chi connectivity index (χ1) is 6.61. The second-order valence-corrected chi connectivity index (χ2v) is 2.55. The highest BCUT2D eigenvalue weighted by atomic mass is 16.5. The first kappa shape index (κ1) is 12.4. The van der Waals surface area contributed by atoms with Crippen LogP contribution in [-0.2, 0) is 14.3 Å². The molecule has 78 valence electrons. The molecule has 0 radical (unpaired) electrons. The monoisotopic (exact) mass is 200 g/mol. The first-order valence-corrected chi connectivity index (χ1v) is 3.97. The Morgan fingerprint density at radius 3 is 2.64 bits per heavy atom.